The van der Waals surface area contributed by atoms with Crippen LogP contribution >= 0.6 is 15.9 Å². The van der Waals surface area contributed by atoms with Crippen molar-refractivity contribution in [2.24, 2.45) is 0 Å². The van der Waals surface area contributed by atoms with E-state index in [4.69, 9.17) is 4.74 Å². The van der Waals surface area contributed by atoms with E-state index in [1.165, 1.54) is 11.9 Å². The number of hydrogen-bond donors (Lipinski definition) is 1. The molecule has 0 bridgehead atoms. The van der Waals surface area contributed by atoms with E-state index >= 15 is 0 Å². The molecule has 0 radical (unpaired) electrons. The zero-order chi connectivity index (χ0) is 13.7. The van der Waals surface area contributed by atoms with Gasteiger partial charge >= 0.3 is 0 Å². The molecule has 5 heteroatoms. The van der Waals surface area contributed by atoms with Gasteiger partial charge in [0.05, 0.1) is 6.04 Å². The highest BCUT2D eigenvalue weighted by Gasteiger charge is 2.04. The van der Waals surface area contributed by atoms with Crippen LogP contribution in [0.1, 0.15) is 12.5 Å². The fourth-order valence-electron chi connectivity index (χ4n) is 1.56. The third kappa shape index (κ3) is 4.52. The summed E-state index contributed by atoms with van der Waals surface area (Å²) in [5.74, 6) is 1.66. The zero-order valence-electron chi connectivity index (χ0n) is 10.9. The van der Waals surface area contributed by atoms with Crippen molar-refractivity contribution in [2.75, 3.05) is 11.9 Å². The smallest absolute Gasteiger partial charge is 0.130 e. The Hall–Kier alpha value is -1.62. The number of rotatable bonds is 5. The van der Waals surface area contributed by atoms with Gasteiger partial charge in [-0.05, 0) is 41.9 Å². The summed E-state index contributed by atoms with van der Waals surface area (Å²) in [5, 5.41) is 3.26. The number of benzene rings is 1. The normalized spacial score (nSPS) is 11.9. The highest BCUT2D eigenvalue weighted by Crippen LogP contribution is 2.13. The second-order valence-electron chi connectivity index (χ2n) is 4.40. The molecule has 1 heterocycles. The predicted molar refractivity (Wildman–Crippen MR) is 79.5 cm³/mol. The van der Waals surface area contributed by atoms with Crippen molar-refractivity contribution >= 4 is 21.7 Å². The summed E-state index contributed by atoms with van der Waals surface area (Å²) in [4.78, 5) is 8.12. The van der Waals surface area contributed by atoms with E-state index in [1.54, 1.807) is 0 Å². The molecule has 1 aromatic heterocycles. The topological polar surface area (TPSA) is 47.0 Å². The van der Waals surface area contributed by atoms with E-state index in [1.807, 2.05) is 37.3 Å². The van der Waals surface area contributed by atoms with E-state index in [9.17, 15) is 0 Å². The number of aryl methyl sites for hydroxylation is 1. The Balaban J connectivity index is 1.84. The van der Waals surface area contributed by atoms with Gasteiger partial charge in [0.1, 0.15) is 29.1 Å². The molecular weight excluding hydrogens is 306 g/mol. The van der Waals surface area contributed by atoms with Gasteiger partial charge < -0.3 is 10.1 Å². The monoisotopic (exact) mass is 321 g/mol. The van der Waals surface area contributed by atoms with E-state index in [-0.39, 0.29) is 6.04 Å². The molecule has 1 N–H and O–H groups in total. The third-order valence-electron chi connectivity index (χ3n) is 2.55. The van der Waals surface area contributed by atoms with E-state index < -0.39 is 0 Å². The molecule has 1 unspecified atom stereocenters. The average Bonchev–Trinajstić information content (AvgIpc) is 2.38. The van der Waals surface area contributed by atoms with Crippen LogP contribution in [0.15, 0.2) is 41.3 Å². The van der Waals surface area contributed by atoms with Gasteiger partial charge in [-0.15, -0.1) is 0 Å². The van der Waals surface area contributed by atoms with Gasteiger partial charge in [-0.2, -0.15) is 0 Å². The largest absolute Gasteiger partial charge is 0.491 e. The van der Waals surface area contributed by atoms with Crippen molar-refractivity contribution in [2.45, 2.75) is 19.9 Å². The Morgan fingerprint density at radius 1 is 1.26 bits per heavy atom. The van der Waals surface area contributed by atoms with Gasteiger partial charge in [-0.1, -0.05) is 17.7 Å². The van der Waals surface area contributed by atoms with Crippen LogP contribution in [0.2, 0.25) is 0 Å². The number of nitrogens with zero attached hydrogens (tertiary/aromatic N) is 2. The molecule has 100 valence electrons. The third-order valence-corrected chi connectivity index (χ3v) is 2.98. The lowest BCUT2D eigenvalue weighted by molar-refractivity contribution is 0.303. The highest BCUT2D eigenvalue weighted by atomic mass is 79.9. The molecule has 0 saturated carbocycles. The van der Waals surface area contributed by atoms with Gasteiger partial charge in [0.25, 0.3) is 0 Å². The first-order valence-electron chi connectivity index (χ1n) is 6.07. The number of ether oxygens (including phenoxy) is 1. The van der Waals surface area contributed by atoms with Crippen LogP contribution in [0.3, 0.4) is 0 Å². The first-order valence-corrected chi connectivity index (χ1v) is 6.86. The van der Waals surface area contributed by atoms with Crippen LogP contribution in [0.25, 0.3) is 0 Å². The molecule has 0 aliphatic heterocycles. The van der Waals surface area contributed by atoms with Crippen molar-refractivity contribution in [3.05, 3.63) is 46.8 Å². The number of halogens is 1. The standard InChI is InChI=1S/C14H16BrN3O/c1-10-3-5-12(6-4-10)19-8-11(2)18-14-7-13(15)16-9-17-14/h3-7,9,11H,8H2,1-2H3,(H,16,17,18). The summed E-state index contributed by atoms with van der Waals surface area (Å²) >= 11 is 3.31. The summed E-state index contributed by atoms with van der Waals surface area (Å²) < 4.78 is 6.47. The molecule has 0 aliphatic carbocycles. The average molecular weight is 322 g/mol. The fraction of sp³-hybridized carbons (Fsp3) is 0.286. The first-order chi connectivity index (χ1) is 9.13. The van der Waals surface area contributed by atoms with Crippen LogP contribution in [0.4, 0.5) is 5.82 Å². The van der Waals surface area contributed by atoms with Gasteiger partial charge in [0.2, 0.25) is 0 Å². The molecule has 2 rings (SSSR count). The Kier molecular flexibility index (Phi) is 4.74. The molecule has 1 atom stereocenters. The highest BCUT2D eigenvalue weighted by molar-refractivity contribution is 9.10. The fourth-order valence-corrected chi connectivity index (χ4v) is 1.87. The summed E-state index contributed by atoms with van der Waals surface area (Å²) in [7, 11) is 0. The van der Waals surface area contributed by atoms with Crippen LogP contribution in [0.5, 0.6) is 5.75 Å². The lowest BCUT2D eigenvalue weighted by atomic mass is 10.2. The lowest BCUT2D eigenvalue weighted by Gasteiger charge is -2.15. The molecule has 0 saturated heterocycles. The predicted octanol–water partition coefficient (Wildman–Crippen LogP) is 3.43. The van der Waals surface area contributed by atoms with Crippen molar-refractivity contribution < 1.29 is 4.74 Å². The van der Waals surface area contributed by atoms with Crippen molar-refractivity contribution in [1.29, 1.82) is 0 Å². The maximum atomic E-state index is 5.71. The molecule has 0 fully saturated rings. The van der Waals surface area contributed by atoms with Crippen LogP contribution in [0, 0.1) is 6.92 Å². The molecule has 1 aromatic carbocycles. The maximum Gasteiger partial charge on any atom is 0.130 e. The van der Waals surface area contributed by atoms with Crippen LogP contribution in [-0.4, -0.2) is 22.6 Å². The van der Waals surface area contributed by atoms with Gasteiger partial charge in [-0.25, -0.2) is 9.97 Å². The van der Waals surface area contributed by atoms with E-state index in [0.717, 1.165) is 16.2 Å². The Labute approximate surface area is 121 Å². The van der Waals surface area contributed by atoms with Crippen molar-refractivity contribution in [1.82, 2.24) is 9.97 Å². The Bertz CT molecular complexity index is 530. The van der Waals surface area contributed by atoms with E-state index in [0.29, 0.717) is 6.61 Å². The van der Waals surface area contributed by atoms with Gasteiger partial charge in [-0.3, -0.25) is 0 Å². The summed E-state index contributed by atoms with van der Waals surface area (Å²) in [6, 6.07) is 10.0. The number of hydrogen-bond acceptors (Lipinski definition) is 4. The maximum absolute atomic E-state index is 5.71. The molecule has 2 aromatic rings. The summed E-state index contributed by atoms with van der Waals surface area (Å²) in [6.45, 7) is 4.68. The molecule has 0 spiro atoms. The SMILES string of the molecule is Cc1ccc(OCC(C)Nc2cc(Br)ncn2)cc1. The van der Waals surface area contributed by atoms with E-state index in [2.05, 4.69) is 38.1 Å². The minimum Gasteiger partial charge on any atom is -0.491 e. The van der Waals surface area contributed by atoms with Crippen molar-refractivity contribution in [3.8, 4) is 5.75 Å². The zero-order valence-corrected chi connectivity index (χ0v) is 12.5. The number of nitrogens with one attached hydrogen (secondary N) is 1. The summed E-state index contributed by atoms with van der Waals surface area (Å²) in [5.41, 5.74) is 1.23. The van der Waals surface area contributed by atoms with Crippen molar-refractivity contribution in [3.63, 3.8) is 0 Å². The number of anilines is 1. The van der Waals surface area contributed by atoms with Crippen LogP contribution < -0.4 is 10.1 Å². The molecule has 0 amide bonds. The Morgan fingerprint density at radius 2 is 2.00 bits per heavy atom. The summed E-state index contributed by atoms with van der Waals surface area (Å²) in [6.07, 6.45) is 1.51. The second kappa shape index (κ2) is 6.52. The molecule has 0 aliphatic rings. The second-order valence-corrected chi connectivity index (χ2v) is 5.21. The van der Waals surface area contributed by atoms with Crippen LogP contribution in [-0.2, 0) is 0 Å². The molecule has 4 nitrogen and oxygen atoms in total. The minimum atomic E-state index is 0.156. The van der Waals surface area contributed by atoms with Gasteiger partial charge in [0, 0.05) is 6.07 Å². The molecule has 19 heavy (non-hydrogen) atoms. The number of aromatic nitrogens is 2. The van der Waals surface area contributed by atoms with Gasteiger partial charge in [0.15, 0.2) is 0 Å². The molecular formula is C14H16BrN3O. The first kappa shape index (κ1) is 13.8. The minimum absolute atomic E-state index is 0.156. The quantitative estimate of drug-likeness (QED) is 0.857. The lowest BCUT2D eigenvalue weighted by Crippen LogP contribution is -2.24. The Morgan fingerprint density at radius 3 is 2.68 bits per heavy atom.